The largest absolute Gasteiger partial charge is 0.356 e. The SMILES string of the molecule is N#Cc1ccc(-c2noc3ccccc23)c(C(N)Cc2ccccn2)c1. The number of fused-ring (bicyclic) bond motifs is 1. The molecule has 5 nitrogen and oxygen atoms in total. The Morgan fingerprint density at radius 3 is 2.73 bits per heavy atom. The summed E-state index contributed by atoms with van der Waals surface area (Å²) in [6.45, 7) is 0. The number of pyridine rings is 1. The maximum Gasteiger partial charge on any atom is 0.167 e. The Bertz CT molecular complexity index is 1100. The van der Waals surface area contributed by atoms with Crippen molar-refractivity contribution in [3.05, 3.63) is 83.7 Å². The first-order valence-corrected chi connectivity index (χ1v) is 8.30. The van der Waals surface area contributed by atoms with Gasteiger partial charge in [0.2, 0.25) is 0 Å². The fraction of sp³-hybridized carbons (Fsp3) is 0.0952. The molecule has 4 aromatic rings. The number of para-hydroxylation sites is 1. The zero-order chi connectivity index (χ0) is 17.9. The van der Waals surface area contributed by atoms with Crippen molar-refractivity contribution in [2.75, 3.05) is 0 Å². The molecule has 0 bridgehead atoms. The predicted octanol–water partition coefficient (Wildman–Crippen LogP) is 4.00. The van der Waals surface area contributed by atoms with Crippen LogP contribution in [-0.2, 0) is 6.42 Å². The number of nitriles is 1. The lowest BCUT2D eigenvalue weighted by Crippen LogP contribution is -2.15. The molecule has 26 heavy (non-hydrogen) atoms. The van der Waals surface area contributed by atoms with E-state index in [0.29, 0.717) is 12.0 Å². The molecule has 0 aliphatic heterocycles. The summed E-state index contributed by atoms with van der Waals surface area (Å²) in [6, 6.07) is 20.8. The molecule has 0 saturated carbocycles. The molecule has 126 valence electrons. The summed E-state index contributed by atoms with van der Waals surface area (Å²) < 4.78 is 5.44. The Hall–Kier alpha value is -3.49. The number of hydrogen-bond donors (Lipinski definition) is 1. The highest BCUT2D eigenvalue weighted by molar-refractivity contribution is 5.92. The first-order chi connectivity index (χ1) is 12.8. The summed E-state index contributed by atoms with van der Waals surface area (Å²) in [7, 11) is 0. The van der Waals surface area contributed by atoms with Crippen LogP contribution in [0.15, 0.2) is 71.4 Å². The van der Waals surface area contributed by atoms with E-state index in [1.807, 2.05) is 54.6 Å². The highest BCUT2D eigenvalue weighted by Crippen LogP contribution is 2.33. The van der Waals surface area contributed by atoms with Crippen molar-refractivity contribution < 1.29 is 4.52 Å². The van der Waals surface area contributed by atoms with Crippen molar-refractivity contribution in [1.29, 1.82) is 5.26 Å². The van der Waals surface area contributed by atoms with E-state index in [2.05, 4.69) is 16.2 Å². The molecule has 0 fully saturated rings. The van der Waals surface area contributed by atoms with Crippen LogP contribution in [0.2, 0.25) is 0 Å². The van der Waals surface area contributed by atoms with Gasteiger partial charge in [-0.05, 0) is 42.0 Å². The fourth-order valence-electron chi connectivity index (χ4n) is 3.09. The summed E-state index contributed by atoms with van der Waals surface area (Å²) in [5, 5.41) is 14.5. The van der Waals surface area contributed by atoms with E-state index >= 15 is 0 Å². The minimum atomic E-state index is -0.316. The maximum absolute atomic E-state index is 9.29. The number of rotatable bonds is 4. The second-order valence-electron chi connectivity index (χ2n) is 6.07. The van der Waals surface area contributed by atoms with Crippen molar-refractivity contribution in [2.24, 2.45) is 5.73 Å². The summed E-state index contributed by atoms with van der Waals surface area (Å²) in [5.74, 6) is 0. The lowest BCUT2D eigenvalue weighted by atomic mass is 9.92. The third-order valence-electron chi connectivity index (χ3n) is 4.37. The second kappa shape index (κ2) is 6.79. The minimum absolute atomic E-state index is 0.316. The van der Waals surface area contributed by atoms with Gasteiger partial charge in [-0.15, -0.1) is 0 Å². The molecule has 5 heteroatoms. The van der Waals surface area contributed by atoms with Gasteiger partial charge in [-0.25, -0.2) is 0 Å². The number of nitrogens with zero attached hydrogens (tertiary/aromatic N) is 3. The molecule has 0 saturated heterocycles. The molecule has 2 aromatic heterocycles. The second-order valence-corrected chi connectivity index (χ2v) is 6.07. The molecule has 2 heterocycles. The first-order valence-electron chi connectivity index (χ1n) is 8.30. The van der Waals surface area contributed by atoms with Gasteiger partial charge in [-0.1, -0.05) is 29.4 Å². The molecule has 4 rings (SSSR count). The Balaban J connectivity index is 1.81. The van der Waals surface area contributed by atoms with Crippen LogP contribution in [0, 0.1) is 11.3 Å². The van der Waals surface area contributed by atoms with Gasteiger partial charge in [0.25, 0.3) is 0 Å². The average Bonchev–Trinajstić information content (AvgIpc) is 3.12. The third kappa shape index (κ3) is 2.94. The van der Waals surface area contributed by atoms with Gasteiger partial charge in [-0.2, -0.15) is 5.26 Å². The molecular formula is C21H16N4O. The standard InChI is InChI=1S/C21H16N4O/c22-13-14-8-9-16(21-17-6-1-2-7-20(17)26-25-21)18(11-14)19(23)12-15-5-3-4-10-24-15/h1-11,19H,12,23H2. The number of hydrogen-bond acceptors (Lipinski definition) is 5. The smallest absolute Gasteiger partial charge is 0.167 e. The summed E-state index contributed by atoms with van der Waals surface area (Å²) in [6.07, 6.45) is 2.32. The fourth-order valence-corrected chi connectivity index (χ4v) is 3.09. The van der Waals surface area contributed by atoms with E-state index in [1.165, 1.54) is 0 Å². The topological polar surface area (TPSA) is 88.7 Å². The van der Waals surface area contributed by atoms with Crippen molar-refractivity contribution >= 4 is 11.0 Å². The van der Waals surface area contributed by atoms with Gasteiger partial charge in [0.15, 0.2) is 5.58 Å². The Kier molecular flexibility index (Phi) is 4.18. The van der Waals surface area contributed by atoms with E-state index in [9.17, 15) is 5.26 Å². The lowest BCUT2D eigenvalue weighted by molar-refractivity contribution is 0.459. The molecule has 0 amide bonds. The molecule has 2 N–H and O–H groups in total. The van der Waals surface area contributed by atoms with Crippen LogP contribution in [0.4, 0.5) is 0 Å². The van der Waals surface area contributed by atoms with E-state index in [4.69, 9.17) is 10.3 Å². The van der Waals surface area contributed by atoms with E-state index in [0.717, 1.165) is 33.5 Å². The summed E-state index contributed by atoms with van der Waals surface area (Å²) >= 11 is 0. The van der Waals surface area contributed by atoms with Gasteiger partial charge < -0.3 is 10.3 Å². The molecule has 0 aliphatic carbocycles. The minimum Gasteiger partial charge on any atom is -0.356 e. The predicted molar refractivity (Wildman–Crippen MR) is 99.0 cm³/mol. The zero-order valence-electron chi connectivity index (χ0n) is 14.0. The van der Waals surface area contributed by atoms with Gasteiger partial charge in [0.05, 0.1) is 11.6 Å². The maximum atomic E-state index is 9.29. The molecular weight excluding hydrogens is 324 g/mol. The van der Waals surface area contributed by atoms with Crippen LogP contribution >= 0.6 is 0 Å². The normalized spacial score (nSPS) is 12.0. The van der Waals surface area contributed by atoms with Crippen molar-refractivity contribution in [1.82, 2.24) is 10.1 Å². The molecule has 2 aromatic carbocycles. The van der Waals surface area contributed by atoms with Gasteiger partial charge in [0.1, 0.15) is 5.69 Å². The molecule has 1 unspecified atom stereocenters. The van der Waals surface area contributed by atoms with Crippen molar-refractivity contribution in [3.8, 4) is 17.3 Å². The Labute approximate surface area is 150 Å². The van der Waals surface area contributed by atoms with Crippen LogP contribution in [0.5, 0.6) is 0 Å². The van der Waals surface area contributed by atoms with Crippen molar-refractivity contribution in [3.63, 3.8) is 0 Å². The van der Waals surface area contributed by atoms with Crippen molar-refractivity contribution in [2.45, 2.75) is 12.5 Å². The van der Waals surface area contributed by atoms with E-state index in [1.54, 1.807) is 12.3 Å². The van der Waals surface area contributed by atoms with Gasteiger partial charge in [0, 0.05) is 35.3 Å². The van der Waals surface area contributed by atoms with Crippen LogP contribution in [0.3, 0.4) is 0 Å². The summed E-state index contributed by atoms with van der Waals surface area (Å²) in [4.78, 5) is 4.35. The van der Waals surface area contributed by atoms with E-state index < -0.39 is 0 Å². The first kappa shape index (κ1) is 16.0. The number of benzene rings is 2. The van der Waals surface area contributed by atoms with Gasteiger partial charge in [-0.3, -0.25) is 4.98 Å². The van der Waals surface area contributed by atoms with Crippen LogP contribution in [-0.4, -0.2) is 10.1 Å². The summed E-state index contributed by atoms with van der Waals surface area (Å²) in [5.41, 5.74) is 11.1. The van der Waals surface area contributed by atoms with Crippen LogP contribution in [0.25, 0.3) is 22.2 Å². The molecule has 0 radical (unpaired) electrons. The van der Waals surface area contributed by atoms with E-state index in [-0.39, 0.29) is 6.04 Å². The molecule has 0 aliphatic rings. The highest BCUT2D eigenvalue weighted by Gasteiger charge is 2.19. The number of nitrogens with two attached hydrogens (primary N) is 1. The highest BCUT2D eigenvalue weighted by atomic mass is 16.5. The third-order valence-corrected chi connectivity index (χ3v) is 4.37. The molecule has 0 spiro atoms. The Morgan fingerprint density at radius 1 is 1.08 bits per heavy atom. The Morgan fingerprint density at radius 2 is 1.92 bits per heavy atom. The lowest BCUT2D eigenvalue weighted by Gasteiger charge is -2.16. The zero-order valence-corrected chi connectivity index (χ0v) is 14.0. The quantitative estimate of drug-likeness (QED) is 0.606. The van der Waals surface area contributed by atoms with Gasteiger partial charge >= 0.3 is 0 Å². The number of aromatic nitrogens is 2. The van der Waals surface area contributed by atoms with Crippen LogP contribution < -0.4 is 5.73 Å². The molecule has 1 atom stereocenters. The monoisotopic (exact) mass is 340 g/mol. The average molecular weight is 340 g/mol. The van der Waals surface area contributed by atoms with Crippen LogP contribution in [0.1, 0.15) is 22.9 Å².